The molecule has 2 aliphatic rings. The minimum absolute atomic E-state index is 0.0640. The van der Waals surface area contributed by atoms with Gasteiger partial charge in [-0.15, -0.1) is 11.8 Å². The second-order valence-corrected chi connectivity index (χ2v) is 7.71. The highest BCUT2D eigenvalue weighted by atomic mass is 32.2. The van der Waals surface area contributed by atoms with Crippen molar-refractivity contribution in [1.82, 2.24) is 4.90 Å². The molecule has 130 valence electrons. The van der Waals surface area contributed by atoms with Gasteiger partial charge >= 0.3 is 5.97 Å². The van der Waals surface area contributed by atoms with Crippen molar-refractivity contribution in [3.63, 3.8) is 0 Å². The largest absolute Gasteiger partial charge is 0.481 e. The first kappa shape index (κ1) is 17.3. The Kier molecular flexibility index (Phi) is 5.46. The number of thioether (sulfide) groups is 1. The second kappa shape index (κ2) is 7.57. The zero-order chi connectivity index (χ0) is 17.1. The molecular weight excluding hydrogens is 326 g/mol. The van der Waals surface area contributed by atoms with Crippen LogP contribution in [0.3, 0.4) is 0 Å². The SMILES string of the molecule is CCSc1ccc(C(=O)N2C[C@H](C(=O)O)C[C@@H]3COCC[C@H]32)cc1. The van der Waals surface area contributed by atoms with E-state index in [1.165, 1.54) is 0 Å². The Morgan fingerprint density at radius 3 is 2.75 bits per heavy atom. The molecule has 0 radical (unpaired) electrons. The minimum atomic E-state index is -0.827. The predicted octanol–water partition coefficient (Wildman–Crippen LogP) is 2.75. The fourth-order valence-electron chi connectivity index (χ4n) is 3.67. The number of hydrogen-bond acceptors (Lipinski definition) is 4. The molecule has 2 fully saturated rings. The average Bonchev–Trinajstić information content (AvgIpc) is 2.61. The Bertz CT molecular complexity index is 604. The number of piperidine rings is 1. The van der Waals surface area contributed by atoms with E-state index in [9.17, 15) is 14.7 Å². The summed E-state index contributed by atoms with van der Waals surface area (Å²) in [5.41, 5.74) is 0.631. The highest BCUT2D eigenvalue weighted by Gasteiger charge is 2.42. The second-order valence-electron chi connectivity index (χ2n) is 6.38. The minimum Gasteiger partial charge on any atom is -0.481 e. The van der Waals surface area contributed by atoms with Gasteiger partial charge in [-0.3, -0.25) is 9.59 Å². The summed E-state index contributed by atoms with van der Waals surface area (Å²) in [5.74, 6) is -0.291. The van der Waals surface area contributed by atoms with Crippen LogP contribution in [0.4, 0.5) is 0 Å². The van der Waals surface area contributed by atoms with Gasteiger partial charge in [0.1, 0.15) is 0 Å². The topological polar surface area (TPSA) is 66.8 Å². The van der Waals surface area contributed by atoms with E-state index in [0.29, 0.717) is 31.7 Å². The molecule has 2 saturated heterocycles. The van der Waals surface area contributed by atoms with Crippen molar-refractivity contribution in [3.8, 4) is 0 Å². The predicted molar refractivity (Wildman–Crippen MR) is 92.3 cm³/mol. The number of aliphatic carboxylic acids is 1. The number of fused-ring (bicyclic) bond motifs is 1. The lowest BCUT2D eigenvalue weighted by Gasteiger charge is -2.45. The van der Waals surface area contributed by atoms with Crippen molar-refractivity contribution in [2.45, 2.75) is 30.7 Å². The van der Waals surface area contributed by atoms with Gasteiger partial charge in [0, 0.05) is 35.6 Å². The van der Waals surface area contributed by atoms with E-state index in [1.54, 1.807) is 16.7 Å². The zero-order valence-electron chi connectivity index (χ0n) is 13.8. The number of carboxylic acid groups (broad SMARTS) is 1. The third-order valence-electron chi connectivity index (χ3n) is 4.86. The lowest BCUT2D eigenvalue weighted by atomic mass is 9.80. The third kappa shape index (κ3) is 3.59. The smallest absolute Gasteiger partial charge is 0.308 e. The molecule has 2 heterocycles. The first-order valence-electron chi connectivity index (χ1n) is 8.44. The van der Waals surface area contributed by atoms with Gasteiger partial charge in [-0.1, -0.05) is 6.92 Å². The van der Waals surface area contributed by atoms with Crippen LogP contribution in [0.1, 0.15) is 30.1 Å². The van der Waals surface area contributed by atoms with Gasteiger partial charge in [0.2, 0.25) is 0 Å². The number of rotatable bonds is 4. The van der Waals surface area contributed by atoms with E-state index in [2.05, 4.69) is 6.92 Å². The van der Waals surface area contributed by atoms with Crippen LogP contribution >= 0.6 is 11.8 Å². The van der Waals surface area contributed by atoms with E-state index >= 15 is 0 Å². The summed E-state index contributed by atoms with van der Waals surface area (Å²) in [6.45, 7) is 3.56. The van der Waals surface area contributed by atoms with Gasteiger partial charge in [0.25, 0.3) is 5.91 Å². The molecule has 0 aromatic heterocycles. The Morgan fingerprint density at radius 1 is 1.33 bits per heavy atom. The van der Waals surface area contributed by atoms with Gasteiger partial charge in [0.15, 0.2) is 0 Å². The van der Waals surface area contributed by atoms with Crippen LogP contribution in [0, 0.1) is 11.8 Å². The van der Waals surface area contributed by atoms with Crippen LogP contribution in [-0.2, 0) is 9.53 Å². The number of carbonyl (C=O) groups excluding carboxylic acids is 1. The Morgan fingerprint density at radius 2 is 2.08 bits per heavy atom. The van der Waals surface area contributed by atoms with E-state index in [4.69, 9.17) is 4.74 Å². The summed E-state index contributed by atoms with van der Waals surface area (Å²) >= 11 is 1.73. The van der Waals surface area contributed by atoms with Crippen LogP contribution in [0.2, 0.25) is 0 Å². The van der Waals surface area contributed by atoms with Gasteiger partial charge in [-0.05, 0) is 42.9 Å². The van der Waals surface area contributed by atoms with Crippen LogP contribution in [0.25, 0.3) is 0 Å². The number of benzene rings is 1. The maximum atomic E-state index is 13.0. The highest BCUT2D eigenvalue weighted by molar-refractivity contribution is 7.99. The summed E-state index contributed by atoms with van der Waals surface area (Å²) < 4.78 is 5.51. The van der Waals surface area contributed by atoms with Crippen LogP contribution in [0.5, 0.6) is 0 Å². The number of hydrogen-bond donors (Lipinski definition) is 1. The molecule has 3 atom stereocenters. The number of ether oxygens (including phenoxy) is 1. The normalized spacial score (nSPS) is 26.7. The van der Waals surface area contributed by atoms with E-state index in [1.807, 2.05) is 24.3 Å². The molecule has 6 heteroatoms. The average molecular weight is 349 g/mol. The highest BCUT2D eigenvalue weighted by Crippen LogP contribution is 2.33. The van der Waals surface area contributed by atoms with E-state index < -0.39 is 11.9 Å². The Labute approximate surface area is 146 Å². The zero-order valence-corrected chi connectivity index (χ0v) is 14.6. The number of carboxylic acids is 1. The molecule has 0 aliphatic carbocycles. The fourth-order valence-corrected chi connectivity index (χ4v) is 4.33. The molecule has 3 rings (SSSR count). The van der Waals surface area contributed by atoms with E-state index in [0.717, 1.165) is 17.1 Å². The standard InChI is InChI=1S/C18H23NO4S/c1-2-24-15-5-3-12(4-6-15)17(20)19-10-13(18(21)22)9-14-11-23-8-7-16(14)19/h3-6,13-14,16H,2,7-11H2,1H3,(H,21,22)/t13-,14-,16-/m1/s1. The molecule has 0 spiro atoms. The molecular formula is C18H23NO4S. The monoisotopic (exact) mass is 349 g/mol. The van der Waals surface area contributed by atoms with Gasteiger partial charge in [0.05, 0.1) is 12.5 Å². The summed E-state index contributed by atoms with van der Waals surface area (Å²) in [6, 6.07) is 7.70. The maximum Gasteiger partial charge on any atom is 0.308 e. The Balaban J connectivity index is 1.80. The summed E-state index contributed by atoms with van der Waals surface area (Å²) in [7, 11) is 0. The summed E-state index contributed by atoms with van der Waals surface area (Å²) in [4.78, 5) is 27.4. The number of amides is 1. The number of carbonyl (C=O) groups is 2. The molecule has 1 aromatic rings. The van der Waals surface area contributed by atoms with Crippen molar-refractivity contribution >= 4 is 23.6 Å². The Hall–Kier alpha value is -1.53. The lowest BCUT2D eigenvalue weighted by Crippen LogP contribution is -2.56. The fraction of sp³-hybridized carbons (Fsp3) is 0.556. The summed E-state index contributed by atoms with van der Waals surface area (Å²) in [5, 5.41) is 9.41. The first-order chi connectivity index (χ1) is 11.6. The third-order valence-corrected chi connectivity index (χ3v) is 5.76. The van der Waals surface area contributed by atoms with Gasteiger partial charge in [-0.2, -0.15) is 0 Å². The van der Waals surface area contributed by atoms with E-state index in [-0.39, 0.29) is 17.9 Å². The van der Waals surface area contributed by atoms with Crippen molar-refractivity contribution in [2.75, 3.05) is 25.5 Å². The molecule has 5 nitrogen and oxygen atoms in total. The quantitative estimate of drug-likeness (QED) is 0.847. The molecule has 1 amide bonds. The molecule has 24 heavy (non-hydrogen) atoms. The van der Waals surface area contributed by atoms with Crippen LogP contribution in [0.15, 0.2) is 29.2 Å². The molecule has 2 aliphatic heterocycles. The van der Waals surface area contributed by atoms with Crippen molar-refractivity contribution in [3.05, 3.63) is 29.8 Å². The van der Waals surface area contributed by atoms with Crippen molar-refractivity contribution in [2.24, 2.45) is 11.8 Å². The maximum absolute atomic E-state index is 13.0. The molecule has 0 saturated carbocycles. The number of nitrogens with zero attached hydrogens (tertiary/aromatic N) is 1. The van der Waals surface area contributed by atoms with Crippen LogP contribution < -0.4 is 0 Å². The first-order valence-corrected chi connectivity index (χ1v) is 9.43. The molecule has 0 unspecified atom stereocenters. The molecule has 1 aromatic carbocycles. The summed E-state index contributed by atoms with van der Waals surface area (Å²) in [6.07, 6.45) is 1.38. The van der Waals surface area contributed by atoms with Crippen molar-refractivity contribution < 1.29 is 19.4 Å². The number of likely N-dealkylation sites (tertiary alicyclic amines) is 1. The molecule has 0 bridgehead atoms. The van der Waals surface area contributed by atoms with Crippen LogP contribution in [-0.4, -0.2) is 53.4 Å². The van der Waals surface area contributed by atoms with Gasteiger partial charge < -0.3 is 14.7 Å². The molecule has 1 N–H and O–H groups in total. The van der Waals surface area contributed by atoms with Gasteiger partial charge in [-0.25, -0.2) is 0 Å². The van der Waals surface area contributed by atoms with Crippen molar-refractivity contribution in [1.29, 1.82) is 0 Å². The lowest BCUT2D eigenvalue weighted by molar-refractivity contribution is -0.146.